The van der Waals surface area contributed by atoms with E-state index in [4.69, 9.17) is 24.1 Å². The van der Waals surface area contributed by atoms with Crippen molar-refractivity contribution in [3.63, 3.8) is 0 Å². The molecule has 7 aliphatic rings. The first-order chi connectivity index (χ1) is 29.0. The largest absolute Gasteiger partial charge is 0.481 e. The highest BCUT2D eigenvalue weighted by atomic mass is 16.8. The third-order valence-corrected chi connectivity index (χ3v) is 17.4. The van der Waals surface area contributed by atoms with Crippen molar-refractivity contribution >= 4 is 29.7 Å². The zero-order valence-electron chi connectivity index (χ0n) is 37.0. The summed E-state index contributed by atoms with van der Waals surface area (Å²) in [7, 11) is 0. The van der Waals surface area contributed by atoms with Crippen LogP contribution in [0.25, 0.3) is 0 Å². The molecule has 0 aromatic carbocycles. The minimum Gasteiger partial charge on any atom is -0.481 e. The number of allylic oxidation sites excluding steroid dienone is 2. The van der Waals surface area contributed by atoms with E-state index in [-0.39, 0.29) is 40.9 Å². The molecule has 0 spiro atoms. The fourth-order valence-electron chi connectivity index (χ4n) is 13.4. The molecule has 356 valence electrons. The second kappa shape index (κ2) is 17.0. The maximum Gasteiger partial charge on any atom is 0.335 e. The van der Waals surface area contributed by atoms with E-state index in [2.05, 4.69) is 33.4 Å². The Bertz CT molecular complexity index is 1860. The van der Waals surface area contributed by atoms with Crippen LogP contribution in [0.2, 0.25) is 0 Å². The number of fused-ring (bicyclic) bond motifs is 7. The van der Waals surface area contributed by atoms with Gasteiger partial charge in [-0.05, 0) is 110 Å². The number of carbonyl (C=O) groups is 5. The number of carboxylic acid groups (broad SMARTS) is 4. The number of aliphatic hydroxyl groups is 5. The Kier molecular flexibility index (Phi) is 13.3. The summed E-state index contributed by atoms with van der Waals surface area (Å²) in [4.78, 5) is 60.5. The summed E-state index contributed by atoms with van der Waals surface area (Å²) in [5.41, 5.74) is 2.76. The minimum absolute atomic E-state index is 0.0217. The molecule has 19 heteroatoms. The van der Waals surface area contributed by atoms with Crippen LogP contribution < -0.4 is 5.73 Å². The second-order valence-electron chi connectivity index (χ2n) is 21.2. The molecule has 5 aliphatic carbocycles. The van der Waals surface area contributed by atoms with Gasteiger partial charge in [0.05, 0.1) is 18.1 Å². The van der Waals surface area contributed by atoms with Gasteiger partial charge < -0.3 is 70.6 Å². The molecule has 19 nitrogen and oxygen atoms in total. The van der Waals surface area contributed by atoms with Gasteiger partial charge in [-0.15, -0.1) is 0 Å². The van der Waals surface area contributed by atoms with E-state index >= 15 is 0 Å². The Labute approximate surface area is 365 Å². The smallest absolute Gasteiger partial charge is 0.335 e. The molecule has 0 aromatic heterocycles. The van der Waals surface area contributed by atoms with E-state index in [1.165, 1.54) is 0 Å². The van der Waals surface area contributed by atoms with Gasteiger partial charge in [-0.2, -0.15) is 0 Å². The molecule has 0 amide bonds. The molecule has 7 rings (SSSR count). The van der Waals surface area contributed by atoms with Crippen LogP contribution >= 0.6 is 0 Å². The number of rotatable bonds is 8. The zero-order valence-corrected chi connectivity index (χ0v) is 37.0. The molecule has 19 atom stereocenters. The number of ether oxygens (including phenoxy) is 4. The summed E-state index contributed by atoms with van der Waals surface area (Å²) >= 11 is 0. The van der Waals surface area contributed by atoms with Gasteiger partial charge in [-0.1, -0.05) is 47.1 Å². The minimum atomic E-state index is -2.05. The summed E-state index contributed by atoms with van der Waals surface area (Å²) in [5.74, 6) is -5.44. The van der Waals surface area contributed by atoms with E-state index < -0.39 is 113 Å². The van der Waals surface area contributed by atoms with Crippen molar-refractivity contribution in [3.8, 4) is 0 Å². The van der Waals surface area contributed by atoms with Crippen molar-refractivity contribution in [1.82, 2.24) is 0 Å². The summed E-state index contributed by atoms with van der Waals surface area (Å²) in [6, 6.07) is 0. The average Bonchev–Trinajstić information content (AvgIpc) is 3.19. The van der Waals surface area contributed by atoms with Crippen LogP contribution in [0.3, 0.4) is 0 Å². The van der Waals surface area contributed by atoms with Crippen molar-refractivity contribution in [2.45, 2.75) is 174 Å². The number of nitrogens with two attached hydrogens (primary N) is 1. The van der Waals surface area contributed by atoms with Crippen LogP contribution in [0.5, 0.6) is 0 Å². The number of hydrogen-bond acceptors (Lipinski definition) is 15. The standard InChI is InChI=1S/C42H62O16.C2H5NO2/c1-37(2)21-8-11-42(7)31(20(43)16-18-19-17-39(4,36(53)54)13-12-38(19,3)14-15-41(18,42)6)40(21,5)10-9-22(37)55-35-30(26(47)25(46)29(57-35)33(51)52)58-34-27(48)23(44)24(45)28(56-34)32(49)50;3-1-2(4)5/h16,19,21-31,34-35,44-48H,8-15,17H2,1-7H3,(H,49,50)(H,51,52)(H,53,54);1,3H2,(H,4,5)/t19-,21-,22-,23-,24-,25-,26-,27+,28-,29-,30+,31+,34-,35-,38+,39-,40-,41+,42+;/m0./s1. The van der Waals surface area contributed by atoms with Gasteiger partial charge in [0.1, 0.15) is 36.6 Å². The molecule has 0 aromatic rings. The lowest BCUT2D eigenvalue weighted by molar-refractivity contribution is -0.371. The van der Waals surface area contributed by atoms with Gasteiger partial charge in [0.25, 0.3) is 0 Å². The monoisotopic (exact) mass is 897 g/mol. The summed E-state index contributed by atoms with van der Waals surface area (Å²) < 4.78 is 23.4. The van der Waals surface area contributed by atoms with Gasteiger partial charge in [-0.3, -0.25) is 14.4 Å². The fraction of sp³-hybridized carbons (Fsp3) is 0.841. The molecule has 2 heterocycles. The van der Waals surface area contributed by atoms with Crippen molar-refractivity contribution in [1.29, 1.82) is 0 Å². The van der Waals surface area contributed by atoms with Crippen molar-refractivity contribution in [2.75, 3.05) is 6.54 Å². The first-order valence-corrected chi connectivity index (χ1v) is 21.9. The van der Waals surface area contributed by atoms with E-state index in [0.29, 0.717) is 25.7 Å². The topological polar surface area (TPSA) is 330 Å². The van der Waals surface area contributed by atoms with Crippen LogP contribution in [0, 0.1) is 50.2 Å². The Morgan fingerprint density at radius 2 is 1.27 bits per heavy atom. The Morgan fingerprint density at radius 1 is 0.714 bits per heavy atom. The normalized spacial score (nSPS) is 49.0. The lowest BCUT2D eigenvalue weighted by Crippen LogP contribution is -2.68. The third kappa shape index (κ3) is 7.94. The molecule has 63 heavy (non-hydrogen) atoms. The van der Waals surface area contributed by atoms with Crippen molar-refractivity contribution in [3.05, 3.63) is 11.6 Å². The third-order valence-electron chi connectivity index (χ3n) is 17.4. The average molecular weight is 898 g/mol. The number of hydrogen-bond donors (Lipinski definition) is 10. The first-order valence-electron chi connectivity index (χ1n) is 21.9. The summed E-state index contributed by atoms with van der Waals surface area (Å²) in [6.07, 6.45) is -12.2. The van der Waals surface area contributed by atoms with E-state index in [9.17, 15) is 64.8 Å². The molecule has 2 saturated heterocycles. The highest BCUT2D eigenvalue weighted by Gasteiger charge is 2.71. The second-order valence-corrected chi connectivity index (χ2v) is 21.2. The summed E-state index contributed by atoms with van der Waals surface area (Å²) in [5, 5.41) is 90.6. The molecule has 0 radical (unpaired) electrons. The lowest BCUT2D eigenvalue weighted by Gasteiger charge is -2.70. The van der Waals surface area contributed by atoms with Gasteiger partial charge >= 0.3 is 23.9 Å². The van der Waals surface area contributed by atoms with Crippen LogP contribution in [0.1, 0.15) is 106 Å². The van der Waals surface area contributed by atoms with Crippen molar-refractivity contribution in [2.24, 2.45) is 56.0 Å². The Morgan fingerprint density at radius 3 is 1.83 bits per heavy atom. The van der Waals surface area contributed by atoms with Gasteiger partial charge in [0.2, 0.25) is 0 Å². The predicted octanol–water partition coefficient (Wildman–Crippen LogP) is 1.28. The molecule has 4 saturated carbocycles. The van der Waals surface area contributed by atoms with Gasteiger partial charge in [0.15, 0.2) is 30.6 Å². The molecule has 6 fully saturated rings. The highest BCUT2D eigenvalue weighted by Crippen LogP contribution is 2.75. The van der Waals surface area contributed by atoms with Crippen LogP contribution in [0.15, 0.2) is 11.6 Å². The van der Waals surface area contributed by atoms with Crippen LogP contribution in [-0.2, 0) is 42.9 Å². The highest BCUT2D eigenvalue weighted by molar-refractivity contribution is 5.95. The maximum atomic E-state index is 14.8. The molecular formula is C44H67NO18. The van der Waals surface area contributed by atoms with E-state index in [1.807, 2.05) is 26.8 Å². The van der Waals surface area contributed by atoms with Crippen molar-refractivity contribution < 1.29 is 88.9 Å². The molecule has 0 bridgehead atoms. The zero-order chi connectivity index (χ0) is 47.2. The van der Waals surface area contributed by atoms with Crippen LogP contribution in [-0.4, -0.2) is 150 Å². The molecular weight excluding hydrogens is 830 g/mol. The number of ketones is 1. The molecule has 0 unspecified atom stereocenters. The fourth-order valence-corrected chi connectivity index (χ4v) is 13.4. The predicted molar refractivity (Wildman–Crippen MR) is 216 cm³/mol. The van der Waals surface area contributed by atoms with E-state index in [1.54, 1.807) is 0 Å². The van der Waals surface area contributed by atoms with E-state index in [0.717, 1.165) is 37.7 Å². The lowest BCUT2D eigenvalue weighted by atomic mass is 9.33. The van der Waals surface area contributed by atoms with Gasteiger partial charge in [-0.25, -0.2) is 9.59 Å². The molecule has 2 aliphatic heterocycles. The number of aliphatic hydroxyl groups excluding tert-OH is 5. The Hall–Kier alpha value is -3.11. The SMILES string of the molecule is CC1(C)[C@@H](O[C@H]2O[C@H](C(=O)O)[C@@H](O)[C@H](O)[C@H]2O[C@@H]2O[C@H](C(=O)O)[C@@H](O)[C@H](O)[C@H]2O)CC[C@]2(C)[C@H]3C(=O)C=C4[C@@H]5C[C@@](C)(C(=O)O)CC[C@]5(C)CC[C@@]4(C)[C@]3(C)CC[C@@H]12.NCC(=O)O. The first kappa shape index (κ1) is 49.3. The maximum absolute atomic E-state index is 14.8. The summed E-state index contributed by atoms with van der Waals surface area (Å²) in [6.45, 7) is 14.6. The van der Waals surface area contributed by atoms with Crippen LogP contribution in [0.4, 0.5) is 0 Å². The molecule has 11 N–H and O–H groups in total. The number of aliphatic carboxylic acids is 4. The van der Waals surface area contributed by atoms with Gasteiger partial charge in [0, 0.05) is 5.92 Å². The number of carbonyl (C=O) groups excluding carboxylic acids is 1. The number of carboxylic acids is 4. The quantitative estimate of drug-likeness (QED) is 0.153. The Balaban J connectivity index is 0.00000125.